The average molecular weight is 387 g/mol. The summed E-state index contributed by atoms with van der Waals surface area (Å²) >= 11 is 0. The van der Waals surface area contributed by atoms with Crippen LogP contribution in [0.3, 0.4) is 0 Å². The number of aromatic amines is 1. The third-order valence-corrected chi connectivity index (χ3v) is 5.81. The molecule has 3 rings (SSSR count). The molecule has 2 bridgehead atoms. The van der Waals surface area contributed by atoms with E-state index in [9.17, 15) is 9.59 Å². The molecule has 25 heavy (non-hydrogen) atoms. The highest BCUT2D eigenvalue weighted by molar-refractivity contribution is 6.70. The molecule has 1 N–H and O–H groups in total. The molecule has 4 atom stereocenters. The van der Waals surface area contributed by atoms with Crippen molar-refractivity contribution in [1.29, 1.82) is 0 Å². The van der Waals surface area contributed by atoms with E-state index in [1.165, 1.54) is 10.6 Å². The van der Waals surface area contributed by atoms with Gasteiger partial charge in [0.15, 0.2) is 22.9 Å². The van der Waals surface area contributed by atoms with Gasteiger partial charge < -0.3 is 18.3 Å². The van der Waals surface area contributed by atoms with Gasteiger partial charge in [0, 0.05) is 0 Å². The number of H-pyrrole nitrogens is 1. The van der Waals surface area contributed by atoms with Gasteiger partial charge >= 0.3 is 5.69 Å². The van der Waals surface area contributed by atoms with Crippen LogP contribution in [-0.2, 0) is 13.6 Å². The van der Waals surface area contributed by atoms with Crippen LogP contribution >= 0.6 is 0 Å². The van der Waals surface area contributed by atoms with Crippen molar-refractivity contribution in [2.24, 2.45) is 0 Å². The van der Waals surface area contributed by atoms with Crippen LogP contribution in [0, 0.1) is 0 Å². The average Bonchev–Trinajstić information content (AvgIpc) is 2.62. The number of nitrogens with zero attached hydrogens (tertiary/aromatic N) is 1. The van der Waals surface area contributed by atoms with Gasteiger partial charge in [0.25, 0.3) is 5.56 Å². The number of aromatic nitrogens is 2. The molecule has 1 fully saturated rings. The van der Waals surface area contributed by atoms with Crippen molar-refractivity contribution in [1.82, 2.24) is 9.55 Å². The number of hydrogen-bond acceptors (Lipinski definition) is 6. The Morgan fingerprint density at radius 3 is 2.28 bits per heavy atom. The largest absolute Gasteiger partial charge is 0.476 e. The lowest BCUT2D eigenvalue weighted by atomic mass is 10.1. The molecule has 2 aliphatic rings. The van der Waals surface area contributed by atoms with Crippen LogP contribution in [0.4, 0.5) is 0 Å². The first-order chi connectivity index (χ1) is 11.4. The zero-order valence-electron chi connectivity index (χ0n) is 15.5. The molecule has 2 aliphatic heterocycles. The third-order valence-electron chi connectivity index (χ3n) is 3.86. The molecule has 1 aromatic heterocycles. The molecule has 8 nitrogen and oxygen atoms in total. The lowest BCUT2D eigenvalue weighted by Crippen LogP contribution is -2.50. The van der Waals surface area contributed by atoms with E-state index in [0.29, 0.717) is 0 Å². The van der Waals surface area contributed by atoms with Crippen LogP contribution in [0.2, 0.25) is 39.3 Å². The quantitative estimate of drug-likeness (QED) is 0.784. The van der Waals surface area contributed by atoms with Crippen LogP contribution in [0.25, 0.3) is 0 Å². The Bertz CT molecular complexity index is 763. The van der Waals surface area contributed by atoms with Crippen molar-refractivity contribution in [3.05, 3.63) is 26.9 Å². The maximum atomic E-state index is 12.4. The maximum absolute atomic E-state index is 12.4. The summed E-state index contributed by atoms with van der Waals surface area (Å²) in [6.45, 7) is 12.8. The molecule has 1 aromatic rings. The SMILES string of the molecule is C[Si](C)(C)O[C@@H]1[C@H](O[Si](C)(C)C)[C@H]2O[C@@H]1COc1cc(=O)[nH]c(=O)n12. The standard InChI is InChI=1S/C15H26N2O6Si2/c1-24(2,3)22-12-9-8-20-11-7-10(18)16-15(19)17(11)14(21-9)13(12)23-25(4,5)6/h7,9,12-14H,8H2,1-6H3,(H,16,18,19)/t9-,12+,13+,14-/m1/s1. The third kappa shape index (κ3) is 3.97. The van der Waals surface area contributed by atoms with Gasteiger partial charge in [0.1, 0.15) is 24.9 Å². The smallest absolute Gasteiger partial charge is 0.333 e. The van der Waals surface area contributed by atoms with Crippen LogP contribution in [0.5, 0.6) is 5.88 Å². The Kier molecular flexibility index (Phi) is 4.61. The van der Waals surface area contributed by atoms with Crippen LogP contribution in [0.15, 0.2) is 15.7 Å². The van der Waals surface area contributed by atoms with Crippen molar-refractivity contribution in [2.75, 3.05) is 6.61 Å². The second-order valence-electron chi connectivity index (χ2n) is 8.41. The van der Waals surface area contributed by atoms with Crippen molar-refractivity contribution in [2.45, 2.75) is 63.8 Å². The number of nitrogens with one attached hydrogen (secondary N) is 1. The van der Waals surface area contributed by atoms with E-state index in [1.54, 1.807) is 0 Å². The monoisotopic (exact) mass is 386 g/mol. The molecule has 0 saturated carbocycles. The summed E-state index contributed by atoms with van der Waals surface area (Å²) in [7, 11) is -3.81. The van der Waals surface area contributed by atoms with Gasteiger partial charge in [-0.05, 0) is 39.3 Å². The molecule has 1 saturated heterocycles. The molecule has 0 amide bonds. The van der Waals surface area contributed by atoms with Gasteiger partial charge in [-0.1, -0.05) is 0 Å². The second-order valence-corrected chi connectivity index (χ2v) is 17.3. The fourth-order valence-electron chi connectivity index (χ4n) is 3.14. The van der Waals surface area contributed by atoms with Gasteiger partial charge in [-0.2, -0.15) is 0 Å². The summed E-state index contributed by atoms with van der Waals surface area (Å²) in [5, 5.41) is 0. The second kappa shape index (κ2) is 6.20. The normalized spacial score (nSPS) is 29.0. The minimum atomic E-state index is -1.94. The lowest BCUT2D eigenvalue weighted by Gasteiger charge is -2.35. The van der Waals surface area contributed by atoms with Crippen molar-refractivity contribution in [3.63, 3.8) is 0 Å². The minimum Gasteiger partial charge on any atom is -0.476 e. The lowest BCUT2D eigenvalue weighted by molar-refractivity contribution is -0.0298. The minimum absolute atomic E-state index is 0.205. The summed E-state index contributed by atoms with van der Waals surface area (Å²) in [5.41, 5.74) is -1.06. The fraction of sp³-hybridized carbons (Fsp3) is 0.733. The Hall–Kier alpha value is -1.21. The molecule has 3 heterocycles. The van der Waals surface area contributed by atoms with E-state index in [1.807, 2.05) is 0 Å². The van der Waals surface area contributed by atoms with E-state index in [0.717, 1.165) is 0 Å². The predicted octanol–water partition coefficient (Wildman–Crippen LogP) is 1.27. The Morgan fingerprint density at radius 1 is 1.08 bits per heavy atom. The first-order valence-electron chi connectivity index (χ1n) is 8.44. The van der Waals surface area contributed by atoms with Gasteiger partial charge in [0.05, 0.1) is 6.07 Å². The summed E-state index contributed by atoms with van der Waals surface area (Å²) in [5.74, 6) is 0.205. The Morgan fingerprint density at radius 2 is 1.68 bits per heavy atom. The van der Waals surface area contributed by atoms with E-state index in [-0.39, 0.29) is 24.7 Å². The first-order valence-corrected chi connectivity index (χ1v) is 15.3. The topological polar surface area (TPSA) is 91.8 Å². The first kappa shape index (κ1) is 18.6. The van der Waals surface area contributed by atoms with Crippen LogP contribution in [0.1, 0.15) is 6.23 Å². The summed E-state index contributed by atoms with van der Waals surface area (Å²) in [4.78, 5) is 26.3. The molecular weight excluding hydrogens is 360 g/mol. The number of ether oxygens (including phenoxy) is 2. The van der Waals surface area contributed by atoms with Gasteiger partial charge in [0.2, 0.25) is 5.88 Å². The maximum Gasteiger partial charge on any atom is 0.333 e. The van der Waals surface area contributed by atoms with E-state index < -0.39 is 40.2 Å². The zero-order valence-corrected chi connectivity index (χ0v) is 17.5. The highest BCUT2D eigenvalue weighted by Gasteiger charge is 2.52. The molecule has 0 spiro atoms. The fourth-order valence-corrected chi connectivity index (χ4v) is 5.31. The summed E-state index contributed by atoms with van der Waals surface area (Å²) in [6.07, 6.45) is -1.77. The number of fused-ring (bicyclic) bond motifs is 4. The molecule has 0 unspecified atom stereocenters. The number of rotatable bonds is 4. The predicted molar refractivity (Wildman–Crippen MR) is 97.2 cm³/mol. The van der Waals surface area contributed by atoms with Crippen molar-refractivity contribution < 1.29 is 18.3 Å². The van der Waals surface area contributed by atoms with Crippen LogP contribution < -0.4 is 16.0 Å². The highest BCUT2D eigenvalue weighted by Crippen LogP contribution is 2.39. The molecule has 0 aliphatic carbocycles. The number of hydrogen-bond donors (Lipinski definition) is 1. The molecule has 0 aromatic carbocycles. The van der Waals surface area contributed by atoms with Crippen molar-refractivity contribution in [3.8, 4) is 5.88 Å². The highest BCUT2D eigenvalue weighted by atomic mass is 28.4. The van der Waals surface area contributed by atoms with Gasteiger partial charge in [-0.3, -0.25) is 9.78 Å². The Balaban J connectivity index is 2.07. The molecule has 0 radical (unpaired) electrons. The van der Waals surface area contributed by atoms with E-state index in [2.05, 4.69) is 44.3 Å². The van der Waals surface area contributed by atoms with Gasteiger partial charge in [-0.15, -0.1) is 0 Å². The molecular formula is C15H26N2O6Si2. The summed E-state index contributed by atoms with van der Waals surface area (Å²) < 4.78 is 25.8. The van der Waals surface area contributed by atoms with E-state index in [4.69, 9.17) is 18.3 Å². The van der Waals surface area contributed by atoms with E-state index >= 15 is 0 Å². The Labute approximate surface area is 148 Å². The van der Waals surface area contributed by atoms with Crippen LogP contribution in [-0.4, -0.2) is 51.1 Å². The zero-order chi connectivity index (χ0) is 18.6. The van der Waals surface area contributed by atoms with Crippen molar-refractivity contribution >= 4 is 16.6 Å². The summed E-state index contributed by atoms with van der Waals surface area (Å²) in [6, 6.07) is 1.27. The molecule has 140 valence electrons. The van der Waals surface area contributed by atoms with Gasteiger partial charge in [-0.25, -0.2) is 9.36 Å². The molecule has 10 heteroatoms.